The average Bonchev–Trinajstić information content (AvgIpc) is 3.03. The fraction of sp³-hybridized carbons (Fsp3) is 0.682. The third-order valence-electron chi connectivity index (χ3n) is 17.7. The van der Waals surface area contributed by atoms with Crippen molar-refractivity contribution in [3.8, 4) is 0 Å². The third-order valence-corrected chi connectivity index (χ3v) is 17.7. The molecule has 4 nitrogen and oxygen atoms in total. The maximum Gasteiger partial charge on any atom is 0.335 e. The zero-order valence-electron chi connectivity index (χ0n) is 28.4. The largest absolute Gasteiger partial charge is 0.478 e. The number of rotatable bonds is 6. The first-order valence-electron chi connectivity index (χ1n) is 19.9. The van der Waals surface area contributed by atoms with Crippen LogP contribution >= 0.6 is 0 Å². The Balaban J connectivity index is 1.24. The predicted molar refractivity (Wildman–Crippen MR) is 184 cm³/mol. The van der Waals surface area contributed by atoms with Gasteiger partial charge in [0.25, 0.3) is 0 Å². The zero-order valence-corrected chi connectivity index (χ0v) is 28.4. The standard InChI is InChI=1S/C44H52O4/c45-39(46)34-5-1-3-7-36(34)44(37-8-4-2-6-35(37)40(47)48)33-16-30-13-31(17-33)24-43(44,23-30)42-21-28-12-29(22-42)15-32(14-28)38(42)41-18-25-9-26(19-41)11-27(10-25)20-41/h1-8,25-33,38H,9-24H2,(H,45,46)(H,47,48). The summed E-state index contributed by atoms with van der Waals surface area (Å²) in [5, 5.41) is 21.9. The molecule has 48 heavy (non-hydrogen) atoms. The number of carboxylic acid groups (broad SMARTS) is 2. The monoisotopic (exact) mass is 644 g/mol. The molecule has 0 aliphatic heterocycles. The van der Waals surface area contributed by atoms with Crippen molar-refractivity contribution < 1.29 is 19.8 Å². The summed E-state index contributed by atoms with van der Waals surface area (Å²) in [5.41, 5.74) is 2.57. The number of hydrogen-bond acceptors (Lipinski definition) is 2. The van der Waals surface area contributed by atoms with Crippen molar-refractivity contribution in [3.63, 3.8) is 0 Å². The van der Waals surface area contributed by atoms with Crippen molar-refractivity contribution in [2.75, 3.05) is 0 Å². The highest BCUT2D eigenvalue weighted by molar-refractivity contribution is 5.93. The second kappa shape index (κ2) is 9.58. The lowest BCUT2D eigenvalue weighted by molar-refractivity contribution is -0.296. The highest BCUT2D eigenvalue weighted by Crippen LogP contribution is 2.85. The average molecular weight is 645 g/mol. The van der Waals surface area contributed by atoms with E-state index in [0.717, 1.165) is 72.3 Å². The van der Waals surface area contributed by atoms with Crippen LogP contribution in [0, 0.1) is 75.4 Å². The number of hydrogen-bond donors (Lipinski definition) is 2. The van der Waals surface area contributed by atoms with Gasteiger partial charge in [0, 0.05) is 5.41 Å². The van der Waals surface area contributed by atoms with E-state index in [1.54, 1.807) is 0 Å². The maximum atomic E-state index is 13.4. The summed E-state index contributed by atoms with van der Waals surface area (Å²) < 4.78 is 0. The first-order valence-corrected chi connectivity index (χ1v) is 19.9. The predicted octanol–water partition coefficient (Wildman–Crippen LogP) is 9.85. The van der Waals surface area contributed by atoms with Crippen molar-refractivity contribution in [2.45, 2.75) is 108 Å². The van der Waals surface area contributed by atoms with Gasteiger partial charge in [-0.3, -0.25) is 0 Å². The first kappa shape index (κ1) is 29.1. The molecule has 12 saturated carbocycles. The summed E-state index contributed by atoms with van der Waals surface area (Å²) in [6, 6.07) is 15.9. The molecular formula is C44H52O4. The van der Waals surface area contributed by atoms with Gasteiger partial charge in [0.15, 0.2) is 0 Å². The van der Waals surface area contributed by atoms with Crippen LogP contribution in [0.25, 0.3) is 0 Å². The fourth-order valence-electron chi connectivity index (χ4n) is 18.3. The Kier molecular flexibility index (Phi) is 5.82. The van der Waals surface area contributed by atoms with E-state index >= 15 is 0 Å². The van der Waals surface area contributed by atoms with E-state index in [2.05, 4.69) is 24.3 Å². The highest BCUT2D eigenvalue weighted by Gasteiger charge is 2.79. The van der Waals surface area contributed by atoms with E-state index in [4.69, 9.17) is 0 Å². The van der Waals surface area contributed by atoms with E-state index in [1.807, 2.05) is 24.3 Å². The van der Waals surface area contributed by atoms with Crippen LogP contribution in [0.1, 0.15) is 135 Å². The number of carbonyl (C=O) groups is 2. The second-order valence-corrected chi connectivity index (χ2v) is 19.7. The molecule has 0 heterocycles. The number of carboxylic acids is 2. The van der Waals surface area contributed by atoms with Gasteiger partial charge in [0.05, 0.1) is 11.1 Å². The van der Waals surface area contributed by atoms with Gasteiger partial charge in [-0.1, -0.05) is 36.4 Å². The van der Waals surface area contributed by atoms with Crippen LogP contribution in [-0.2, 0) is 5.41 Å². The Hall–Kier alpha value is -2.62. The first-order chi connectivity index (χ1) is 23.2. The molecule has 2 aromatic rings. The van der Waals surface area contributed by atoms with Crippen LogP contribution in [0.4, 0.5) is 0 Å². The van der Waals surface area contributed by atoms with Gasteiger partial charge in [0.2, 0.25) is 0 Å². The van der Waals surface area contributed by atoms with E-state index in [0.29, 0.717) is 34.3 Å². The van der Waals surface area contributed by atoms with Crippen LogP contribution in [0.2, 0.25) is 0 Å². The van der Waals surface area contributed by atoms with Crippen LogP contribution in [0.15, 0.2) is 48.5 Å². The molecule has 4 heteroatoms. The van der Waals surface area contributed by atoms with Crippen LogP contribution in [-0.4, -0.2) is 22.2 Å². The lowest BCUT2D eigenvalue weighted by Crippen LogP contribution is -2.75. The Bertz CT molecular complexity index is 1600. The molecule has 2 aromatic carbocycles. The van der Waals surface area contributed by atoms with E-state index in [1.165, 1.54) is 77.0 Å². The molecule has 12 fully saturated rings. The minimum atomic E-state index is -0.857. The smallest absolute Gasteiger partial charge is 0.335 e. The normalized spacial score (nSPS) is 48.2. The van der Waals surface area contributed by atoms with Crippen molar-refractivity contribution in [2.24, 2.45) is 75.4 Å². The Labute approximate surface area is 285 Å². The van der Waals surface area contributed by atoms with Gasteiger partial charge in [-0.2, -0.15) is 0 Å². The van der Waals surface area contributed by atoms with Gasteiger partial charge >= 0.3 is 11.9 Å². The minimum absolute atomic E-state index is 0.129. The Morgan fingerprint density at radius 2 is 0.938 bits per heavy atom. The SMILES string of the molecule is O=C(O)c1ccccc1C1(c2ccccc2C(=O)O)C2CC3CC(C2)CC1(C12CC4CC(CC(C4)C1C14CC5CC(CC(C5)C1)C4)C2)C3. The lowest BCUT2D eigenvalue weighted by atomic mass is 9.23. The van der Waals surface area contributed by atoms with E-state index in [-0.39, 0.29) is 16.7 Å². The molecule has 5 unspecified atom stereocenters. The van der Waals surface area contributed by atoms with Gasteiger partial charge in [-0.15, -0.1) is 0 Å². The lowest BCUT2D eigenvalue weighted by Gasteiger charge is -2.81. The highest BCUT2D eigenvalue weighted by atomic mass is 16.4. The molecule has 0 amide bonds. The second-order valence-electron chi connectivity index (χ2n) is 19.7. The van der Waals surface area contributed by atoms with Crippen LogP contribution in [0.5, 0.6) is 0 Å². The molecule has 0 spiro atoms. The minimum Gasteiger partial charge on any atom is -0.478 e. The molecule has 0 radical (unpaired) electrons. The van der Waals surface area contributed by atoms with Crippen LogP contribution < -0.4 is 0 Å². The fourth-order valence-corrected chi connectivity index (χ4v) is 18.3. The topological polar surface area (TPSA) is 74.6 Å². The summed E-state index contributed by atoms with van der Waals surface area (Å²) in [4.78, 5) is 26.8. The Morgan fingerprint density at radius 1 is 0.521 bits per heavy atom. The summed E-state index contributed by atoms with van der Waals surface area (Å²) in [7, 11) is 0. The van der Waals surface area contributed by atoms with Gasteiger partial charge in [0.1, 0.15) is 0 Å². The van der Waals surface area contributed by atoms with E-state index < -0.39 is 17.4 Å². The molecule has 2 N–H and O–H groups in total. The Morgan fingerprint density at radius 3 is 1.40 bits per heavy atom. The molecule has 0 saturated heterocycles. The molecule has 14 rings (SSSR count). The molecule has 12 aliphatic rings. The molecule has 252 valence electrons. The summed E-state index contributed by atoms with van der Waals surface area (Å²) >= 11 is 0. The van der Waals surface area contributed by atoms with Crippen LogP contribution in [0.3, 0.4) is 0 Å². The number of aromatic carboxylic acids is 2. The van der Waals surface area contributed by atoms with Gasteiger partial charge < -0.3 is 10.2 Å². The van der Waals surface area contributed by atoms with Gasteiger partial charge in [-0.05, 0) is 201 Å². The van der Waals surface area contributed by atoms with Crippen molar-refractivity contribution in [1.29, 1.82) is 0 Å². The van der Waals surface area contributed by atoms with E-state index in [9.17, 15) is 19.8 Å². The molecule has 0 aromatic heterocycles. The molecule has 5 atom stereocenters. The quantitative estimate of drug-likeness (QED) is 0.328. The summed E-state index contributed by atoms with van der Waals surface area (Å²) in [5.74, 6) is 5.70. The molecule has 12 aliphatic carbocycles. The number of benzene rings is 2. The molecular weight excluding hydrogens is 592 g/mol. The zero-order chi connectivity index (χ0) is 32.2. The molecule has 12 bridgehead atoms. The summed E-state index contributed by atoms with van der Waals surface area (Å²) in [6.07, 6.45) is 21.4. The third kappa shape index (κ3) is 3.45. The van der Waals surface area contributed by atoms with Crippen molar-refractivity contribution >= 4 is 11.9 Å². The van der Waals surface area contributed by atoms with Gasteiger partial charge in [-0.25, -0.2) is 9.59 Å². The van der Waals surface area contributed by atoms with Crippen molar-refractivity contribution in [3.05, 3.63) is 70.8 Å². The van der Waals surface area contributed by atoms with Crippen molar-refractivity contribution in [1.82, 2.24) is 0 Å². The maximum absolute atomic E-state index is 13.4. The summed E-state index contributed by atoms with van der Waals surface area (Å²) in [6.45, 7) is 0.